The molecular formula is C30H37N5O2. The molecule has 1 saturated heterocycles. The lowest BCUT2D eigenvalue weighted by Crippen LogP contribution is -2.47. The number of hydrogen-bond donors (Lipinski definition) is 4. The summed E-state index contributed by atoms with van der Waals surface area (Å²) in [6.07, 6.45) is 1.22. The highest BCUT2D eigenvalue weighted by molar-refractivity contribution is 5.81. The molecule has 7 heteroatoms. The van der Waals surface area contributed by atoms with Gasteiger partial charge >= 0.3 is 0 Å². The van der Waals surface area contributed by atoms with Crippen LogP contribution in [0.4, 0.5) is 0 Å². The van der Waals surface area contributed by atoms with Crippen molar-refractivity contribution in [3.05, 3.63) is 108 Å². The van der Waals surface area contributed by atoms with Crippen molar-refractivity contribution in [1.82, 2.24) is 15.5 Å². The lowest BCUT2D eigenvalue weighted by Gasteiger charge is -2.30. The summed E-state index contributed by atoms with van der Waals surface area (Å²) >= 11 is 0. The summed E-state index contributed by atoms with van der Waals surface area (Å²) in [6, 6.07) is 30.1. The average molecular weight is 500 g/mol. The molecule has 0 bridgehead atoms. The Morgan fingerprint density at radius 2 is 1.46 bits per heavy atom. The van der Waals surface area contributed by atoms with E-state index in [0.717, 1.165) is 18.5 Å². The maximum absolute atomic E-state index is 12.8. The second-order valence-electron chi connectivity index (χ2n) is 9.73. The third-order valence-corrected chi connectivity index (χ3v) is 7.05. The van der Waals surface area contributed by atoms with Gasteiger partial charge in [0, 0.05) is 37.6 Å². The molecule has 4 rings (SSSR count). The normalized spacial score (nSPS) is 18.5. The van der Waals surface area contributed by atoms with Crippen molar-refractivity contribution >= 4 is 11.8 Å². The molecule has 0 spiro atoms. The van der Waals surface area contributed by atoms with Crippen LogP contribution in [0.5, 0.6) is 0 Å². The summed E-state index contributed by atoms with van der Waals surface area (Å²) in [4.78, 5) is 27.2. The van der Waals surface area contributed by atoms with E-state index in [-0.39, 0.29) is 36.4 Å². The predicted octanol–water partition coefficient (Wildman–Crippen LogP) is 2.02. The van der Waals surface area contributed by atoms with Crippen LogP contribution in [0.25, 0.3) is 0 Å². The molecule has 3 atom stereocenters. The third-order valence-electron chi connectivity index (χ3n) is 7.05. The second-order valence-corrected chi connectivity index (χ2v) is 9.73. The monoisotopic (exact) mass is 499 g/mol. The fourth-order valence-electron chi connectivity index (χ4n) is 5.13. The van der Waals surface area contributed by atoms with Crippen LogP contribution in [0.1, 0.15) is 29.0 Å². The number of carbonyl (C=O) groups excluding carboxylic acids is 2. The quantitative estimate of drug-likeness (QED) is 0.322. The predicted molar refractivity (Wildman–Crippen MR) is 147 cm³/mol. The molecule has 7 nitrogen and oxygen atoms in total. The van der Waals surface area contributed by atoms with Gasteiger partial charge in [0.05, 0.1) is 12.6 Å². The Bertz CT molecular complexity index is 1090. The van der Waals surface area contributed by atoms with Crippen LogP contribution < -0.4 is 22.1 Å². The van der Waals surface area contributed by atoms with E-state index in [0.29, 0.717) is 19.5 Å². The van der Waals surface area contributed by atoms with Gasteiger partial charge in [-0.15, -0.1) is 0 Å². The molecule has 37 heavy (non-hydrogen) atoms. The fourth-order valence-corrected chi connectivity index (χ4v) is 5.13. The third kappa shape index (κ3) is 7.49. The van der Waals surface area contributed by atoms with Crippen molar-refractivity contribution in [2.75, 3.05) is 26.2 Å². The number of nitrogens with one attached hydrogen (secondary N) is 2. The first-order chi connectivity index (χ1) is 18.0. The number of nitrogens with two attached hydrogens (primary N) is 2. The number of hydrogen-bond acceptors (Lipinski definition) is 5. The van der Waals surface area contributed by atoms with E-state index in [4.69, 9.17) is 11.5 Å². The maximum Gasteiger partial charge on any atom is 0.237 e. The number of carbonyl (C=O) groups is 2. The Balaban J connectivity index is 1.47. The Morgan fingerprint density at radius 3 is 2.03 bits per heavy atom. The molecule has 194 valence electrons. The Hall–Kier alpha value is -3.52. The Kier molecular flexibility index (Phi) is 9.43. The molecule has 0 aromatic heterocycles. The van der Waals surface area contributed by atoms with Gasteiger partial charge in [0.25, 0.3) is 0 Å². The summed E-state index contributed by atoms with van der Waals surface area (Å²) < 4.78 is 0. The van der Waals surface area contributed by atoms with Gasteiger partial charge in [-0.25, -0.2) is 0 Å². The molecule has 0 radical (unpaired) electrons. The Labute approximate surface area is 219 Å². The largest absolute Gasteiger partial charge is 0.353 e. The molecule has 1 aliphatic rings. The molecule has 2 amide bonds. The van der Waals surface area contributed by atoms with Gasteiger partial charge in [-0.3, -0.25) is 14.5 Å². The second kappa shape index (κ2) is 13.1. The lowest BCUT2D eigenvalue weighted by atomic mass is 9.90. The van der Waals surface area contributed by atoms with Gasteiger partial charge < -0.3 is 22.1 Å². The molecule has 0 aliphatic carbocycles. The van der Waals surface area contributed by atoms with Gasteiger partial charge in [0.1, 0.15) is 0 Å². The number of amides is 2. The van der Waals surface area contributed by atoms with Crippen molar-refractivity contribution in [3.63, 3.8) is 0 Å². The highest BCUT2D eigenvalue weighted by atomic mass is 16.2. The van der Waals surface area contributed by atoms with Crippen molar-refractivity contribution in [3.8, 4) is 0 Å². The van der Waals surface area contributed by atoms with Crippen molar-refractivity contribution in [2.24, 2.45) is 11.5 Å². The molecule has 3 aromatic carbocycles. The zero-order valence-corrected chi connectivity index (χ0v) is 21.1. The van der Waals surface area contributed by atoms with Crippen LogP contribution in [0.2, 0.25) is 0 Å². The van der Waals surface area contributed by atoms with Gasteiger partial charge in [-0.05, 0) is 29.5 Å². The van der Waals surface area contributed by atoms with Crippen LogP contribution >= 0.6 is 0 Å². The first-order valence-electron chi connectivity index (χ1n) is 12.9. The molecule has 0 unspecified atom stereocenters. The van der Waals surface area contributed by atoms with E-state index < -0.39 is 6.04 Å². The Morgan fingerprint density at radius 1 is 0.892 bits per heavy atom. The number of nitrogens with zero attached hydrogens (tertiary/aromatic N) is 1. The zero-order valence-electron chi connectivity index (χ0n) is 21.1. The summed E-state index contributed by atoms with van der Waals surface area (Å²) in [6.45, 7) is 1.88. The number of rotatable bonds is 11. The molecule has 6 N–H and O–H groups in total. The highest BCUT2D eigenvalue weighted by Gasteiger charge is 2.35. The van der Waals surface area contributed by atoms with Gasteiger partial charge in [0.2, 0.25) is 11.8 Å². The van der Waals surface area contributed by atoms with Crippen LogP contribution in [0.15, 0.2) is 91.0 Å². The van der Waals surface area contributed by atoms with E-state index >= 15 is 0 Å². The van der Waals surface area contributed by atoms with Crippen LogP contribution in [-0.2, 0) is 16.0 Å². The van der Waals surface area contributed by atoms with Crippen molar-refractivity contribution in [1.29, 1.82) is 0 Å². The molecule has 1 aliphatic heterocycles. The summed E-state index contributed by atoms with van der Waals surface area (Å²) in [5.74, 6) is -0.173. The lowest BCUT2D eigenvalue weighted by molar-refractivity contribution is -0.122. The van der Waals surface area contributed by atoms with E-state index in [2.05, 4.69) is 64.1 Å². The molecule has 3 aromatic rings. The first kappa shape index (κ1) is 26.5. The van der Waals surface area contributed by atoms with Crippen LogP contribution in [0, 0.1) is 0 Å². The summed E-state index contributed by atoms with van der Waals surface area (Å²) in [5.41, 5.74) is 15.3. The standard InChI is InChI=1S/C30H37N5O2/c31-18-29(36)34-25-17-26(19-33-30(37)28(32)16-22-10-4-1-5-11-22)35(20-25)21-27(23-12-6-2-7-13-23)24-14-8-3-9-15-24/h1-15,25-28H,16-21,31-32H2,(H,33,37)(H,34,36)/t25-,26-,28-/m0/s1. The minimum Gasteiger partial charge on any atom is -0.353 e. The van der Waals surface area contributed by atoms with E-state index in [1.54, 1.807) is 0 Å². The molecule has 0 saturated carbocycles. The molecule has 1 fully saturated rings. The number of benzene rings is 3. The van der Waals surface area contributed by atoms with Gasteiger partial charge in [-0.2, -0.15) is 0 Å². The maximum atomic E-state index is 12.8. The van der Waals surface area contributed by atoms with E-state index in [1.807, 2.05) is 42.5 Å². The van der Waals surface area contributed by atoms with E-state index in [9.17, 15) is 9.59 Å². The summed E-state index contributed by atoms with van der Waals surface area (Å²) in [7, 11) is 0. The highest BCUT2D eigenvalue weighted by Crippen LogP contribution is 2.29. The smallest absolute Gasteiger partial charge is 0.237 e. The topological polar surface area (TPSA) is 113 Å². The van der Waals surface area contributed by atoms with Crippen LogP contribution in [0.3, 0.4) is 0 Å². The molecule has 1 heterocycles. The van der Waals surface area contributed by atoms with Crippen molar-refractivity contribution in [2.45, 2.75) is 36.9 Å². The van der Waals surface area contributed by atoms with Gasteiger partial charge in [-0.1, -0.05) is 91.0 Å². The molecular weight excluding hydrogens is 462 g/mol. The number of likely N-dealkylation sites (tertiary alicyclic amines) is 1. The first-order valence-corrected chi connectivity index (χ1v) is 12.9. The zero-order chi connectivity index (χ0) is 26.0. The fraction of sp³-hybridized carbons (Fsp3) is 0.333. The summed E-state index contributed by atoms with van der Waals surface area (Å²) in [5, 5.41) is 6.11. The van der Waals surface area contributed by atoms with E-state index in [1.165, 1.54) is 11.1 Å². The SMILES string of the molecule is NCC(=O)N[C@H]1C[C@@H](CNC(=O)[C@@H](N)Cc2ccccc2)N(CC(c2ccccc2)c2ccccc2)C1. The van der Waals surface area contributed by atoms with Crippen LogP contribution in [-0.4, -0.2) is 61.0 Å². The minimum atomic E-state index is -0.619. The minimum absolute atomic E-state index is 0.0249. The average Bonchev–Trinajstić information content (AvgIpc) is 3.32. The van der Waals surface area contributed by atoms with Gasteiger partial charge in [0.15, 0.2) is 0 Å². The van der Waals surface area contributed by atoms with Crippen molar-refractivity contribution < 1.29 is 9.59 Å².